The van der Waals surface area contributed by atoms with E-state index in [2.05, 4.69) is 49.4 Å². The second-order valence-corrected chi connectivity index (χ2v) is 9.53. The maximum absolute atomic E-state index is 11.0. The molecule has 1 rings (SSSR count). The summed E-state index contributed by atoms with van der Waals surface area (Å²) in [7, 11) is 2.46. The molecule has 0 radical (unpaired) electrons. The molecule has 0 bridgehead atoms. The fourth-order valence-electron chi connectivity index (χ4n) is 3.10. The van der Waals surface area contributed by atoms with Gasteiger partial charge in [-0.25, -0.2) is 0 Å². The molecule has 0 aromatic heterocycles. The Morgan fingerprint density at radius 1 is 1.07 bits per heavy atom. The first-order valence-corrected chi connectivity index (χ1v) is 11.8. The van der Waals surface area contributed by atoms with Crippen molar-refractivity contribution < 1.29 is 13.2 Å². The zero-order valence-electron chi connectivity index (χ0n) is 17.8. The van der Waals surface area contributed by atoms with Gasteiger partial charge >= 0.3 is 0 Å². The quantitative estimate of drug-likeness (QED) is 0.335. The minimum absolute atomic E-state index is 0.387. The van der Waals surface area contributed by atoms with Gasteiger partial charge in [-0.3, -0.25) is 8.37 Å². The summed E-state index contributed by atoms with van der Waals surface area (Å²) in [4.78, 5) is 13.2. The molecule has 27 heavy (non-hydrogen) atoms. The number of aldehydes is 1. The zero-order valence-corrected chi connectivity index (χ0v) is 18.6. The van der Waals surface area contributed by atoms with E-state index in [4.69, 9.17) is 8.37 Å². The molecule has 156 valence electrons. The molecule has 1 aromatic rings. The summed E-state index contributed by atoms with van der Waals surface area (Å²) >= 11 is 0. The SMILES string of the molecule is CCOS(CC=O)(CCCCCCNc1ccc(C)c(N(C)C)c1)OCC. The highest BCUT2D eigenvalue weighted by atomic mass is 32.3. The molecule has 0 atom stereocenters. The van der Waals surface area contributed by atoms with Crippen LogP contribution in [-0.4, -0.2) is 51.6 Å². The van der Waals surface area contributed by atoms with E-state index in [-0.39, 0.29) is 0 Å². The smallest absolute Gasteiger partial charge is 0.138 e. The van der Waals surface area contributed by atoms with Gasteiger partial charge in [-0.15, -0.1) is 0 Å². The summed E-state index contributed by atoms with van der Waals surface area (Å²) in [6, 6.07) is 6.51. The number of nitrogens with zero attached hydrogens (tertiary/aromatic N) is 1. The number of carbonyl (C=O) groups excluding carboxylic acids is 1. The third kappa shape index (κ3) is 8.54. The summed E-state index contributed by atoms with van der Waals surface area (Å²) in [5.41, 5.74) is 3.71. The highest BCUT2D eigenvalue weighted by molar-refractivity contribution is 8.26. The van der Waals surface area contributed by atoms with Gasteiger partial charge < -0.3 is 15.0 Å². The molecule has 0 aliphatic heterocycles. The minimum atomic E-state index is -1.69. The van der Waals surface area contributed by atoms with Crippen LogP contribution in [0.2, 0.25) is 0 Å². The van der Waals surface area contributed by atoms with Crippen LogP contribution in [0, 0.1) is 6.92 Å². The van der Waals surface area contributed by atoms with E-state index >= 15 is 0 Å². The average molecular weight is 399 g/mol. The molecule has 0 aliphatic carbocycles. The Hall–Kier alpha value is -1.24. The number of benzene rings is 1. The third-order valence-corrected chi connectivity index (χ3v) is 7.27. The van der Waals surface area contributed by atoms with Crippen molar-refractivity contribution in [3.05, 3.63) is 23.8 Å². The minimum Gasteiger partial charge on any atom is -0.385 e. The van der Waals surface area contributed by atoms with Crippen LogP contribution in [0.1, 0.15) is 45.1 Å². The van der Waals surface area contributed by atoms with Gasteiger partial charge in [0, 0.05) is 37.8 Å². The number of nitrogens with one attached hydrogen (secondary N) is 1. The number of aryl methyl sites for hydroxylation is 1. The molecule has 0 spiro atoms. The first-order chi connectivity index (χ1) is 13.0. The molecule has 0 saturated carbocycles. The molecule has 5 nitrogen and oxygen atoms in total. The van der Waals surface area contributed by atoms with Crippen LogP contribution in [0.25, 0.3) is 0 Å². The highest BCUT2D eigenvalue weighted by Crippen LogP contribution is 2.50. The topological polar surface area (TPSA) is 50.8 Å². The van der Waals surface area contributed by atoms with E-state index in [1.807, 2.05) is 13.8 Å². The summed E-state index contributed by atoms with van der Waals surface area (Å²) in [6.45, 7) is 8.22. The second kappa shape index (κ2) is 13.0. The fraction of sp³-hybridized carbons (Fsp3) is 0.667. The monoisotopic (exact) mass is 398 g/mol. The van der Waals surface area contributed by atoms with Crippen LogP contribution in [-0.2, 0) is 13.2 Å². The molecular formula is C21H38N2O3S. The molecular weight excluding hydrogens is 360 g/mol. The molecule has 0 amide bonds. The van der Waals surface area contributed by atoms with Crippen molar-refractivity contribution in [1.29, 1.82) is 0 Å². The molecule has 1 N–H and O–H groups in total. The summed E-state index contributed by atoms with van der Waals surface area (Å²) in [5.74, 6) is 1.24. The van der Waals surface area contributed by atoms with Crippen molar-refractivity contribution in [2.24, 2.45) is 0 Å². The lowest BCUT2D eigenvalue weighted by atomic mass is 10.1. The van der Waals surface area contributed by atoms with Crippen LogP contribution in [0.15, 0.2) is 18.2 Å². The number of hydrogen-bond acceptors (Lipinski definition) is 5. The fourth-order valence-corrected chi connectivity index (χ4v) is 5.47. The summed E-state index contributed by atoms with van der Waals surface area (Å²) in [5, 5.41) is 3.52. The van der Waals surface area contributed by atoms with Crippen molar-refractivity contribution in [3.8, 4) is 0 Å². The highest BCUT2D eigenvalue weighted by Gasteiger charge is 2.19. The van der Waals surface area contributed by atoms with Gasteiger partial charge in [-0.1, -0.05) is 18.9 Å². The Bertz CT molecular complexity index is 546. The zero-order chi connectivity index (χ0) is 20.1. The molecule has 0 unspecified atom stereocenters. The van der Waals surface area contributed by atoms with Crippen molar-refractivity contribution in [2.45, 2.75) is 46.5 Å². The maximum atomic E-state index is 11.0. The van der Waals surface area contributed by atoms with Crippen LogP contribution in [0.4, 0.5) is 11.4 Å². The van der Waals surface area contributed by atoms with Crippen LogP contribution >= 0.6 is 10.6 Å². The third-order valence-electron chi connectivity index (χ3n) is 4.39. The van der Waals surface area contributed by atoms with Gasteiger partial charge in [-0.05, 0) is 51.3 Å². The number of anilines is 2. The van der Waals surface area contributed by atoms with Crippen molar-refractivity contribution >= 4 is 28.3 Å². The predicted molar refractivity (Wildman–Crippen MR) is 119 cm³/mol. The van der Waals surface area contributed by atoms with Gasteiger partial charge in [0.15, 0.2) is 0 Å². The van der Waals surface area contributed by atoms with Crippen molar-refractivity contribution in [1.82, 2.24) is 0 Å². The van der Waals surface area contributed by atoms with E-state index in [1.54, 1.807) is 0 Å². The number of carbonyl (C=O) groups is 1. The van der Waals surface area contributed by atoms with Crippen LogP contribution in [0.5, 0.6) is 0 Å². The Labute approximate surface area is 167 Å². The van der Waals surface area contributed by atoms with E-state index in [0.717, 1.165) is 44.3 Å². The Balaban J connectivity index is 2.32. The number of hydrogen-bond donors (Lipinski definition) is 1. The van der Waals surface area contributed by atoms with E-state index in [0.29, 0.717) is 19.0 Å². The predicted octanol–water partition coefficient (Wildman–Crippen LogP) is 4.94. The van der Waals surface area contributed by atoms with E-state index in [1.165, 1.54) is 16.9 Å². The van der Waals surface area contributed by atoms with Gasteiger partial charge in [0.1, 0.15) is 6.29 Å². The van der Waals surface area contributed by atoms with Crippen molar-refractivity contribution in [2.75, 3.05) is 55.6 Å². The molecule has 6 heteroatoms. The molecule has 0 fully saturated rings. The van der Waals surface area contributed by atoms with E-state index in [9.17, 15) is 4.79 Å². The Kier molecular flexibility index (Phi) is 11.5. The standard InChI is InChI=1S/C21H38N2O3S/c1-6-25-27(17-15-24,26-7-2)16-11-9-8-10-14-22-20-13-12-19(3)21(18-20)23(4)5/h12-13,15,18,22H,6-11,14,16-17H2,1-5H3. The van der Waals surface area contributed by atoms with E-state index < -0.39 is 10.6 Å². The Morgan fingerprint density at radius 3 is 2.33 bits per heavy atom. The summed E-state index contributed by atoms with van der Waals surface area (Å²) in [6.07, 6.45) is 5.40. The molecule has 1 aromatic carbocycles. The van der Waals surface area contributed by atoms with Crippen molar-refractivity contribution in [3.63, 3.8) is 0 Å². The lowest BCUT2D eigenvalue weighted by Gasteiger charge is -2.41. The largest absolute Gasteiger partial charge is 0.385 e. The van der Waals surface area contributed by atoms with Gasteiger partial charge in [0.25, 0.3) is 0 Å². The molecule has 0 saturated heterocycles. The first-order valence-electron chi connectivity index (χ1n) is 10.0. The first kappa shape index (κ1) is 23.8. The molecule has 0 aliphatic rings. The Morgan fingerprint density at radius 2 is 1.74 bits per heavy atom. The second-order valence-electron chi connectivity index (χ2n) is 6.83. The lowest BCUT2D eigenvalue weighted by Crippen LogP contribution is -2.17. The molecule has 0 heterocycles. The maximum Gasteiger partial charge on any atom is 0.138 e. The normalized spacial score (nSPS) is 12.0. The van der Waals surface area contributed by atoms with Gasteiger partial charge in [0.2, 0.25) is 0 Å². The number of unbranched alkanes of at least 4 members (excludes halogenated alkanes) is 3. The van der Waals surface area contributed by atoms with Gasteiger partial charge in [-0.2, -0.15) is 10.6 Å². The summed E-state index contributed by atoms with van der Waals surface area (Å²) < 4.78 is 11.7. The van der Waals surface area contributed by atoms with Crippen LogP contribution < -0.4 is 10.2 Å². The average Bonchev–Trinajstić information content (AvgIpc) is 2.62. The lowest BCUT2D eigenvalue weighted by molar-refractivity contribution is -0.105. The van der Waals surface area contributed by atoms with Crippen LogP contribution in [0.3, 0.4) is 0 Å². The number of rotatable bonds is 15. The van der Waals surface area contributed by atoms with Gasteiger partial charge in [0.05, 0.1) is 19.0 Å².